The van der Waals surface area contributed by atoms with E-state index in [0.717, 1.165) is 38.5 Å². The zero-order chi connectivity index (χ0) is 24.9. The standard InChI is InChI=1S/C30H56O4/c1-4-5-6-7-8-9-10-11-12-13-14-15-16-17-18-21-24-33-29(31)27-22-19-20-23-28(27)30(32)34-25-26(2)3/h26-28H,4-25H2,1-3H3. The summed E-state index contributed by atoms with van der Waals surface area (Å²) in [5, 5.41) is 0. The second-order valence-electron chi connectivity index (χ2n) is 11.0. The molecule has 1 rings (SSSR count). The highest BCUT2D eigenvalue weighted by atomic mass is 16.5. The molecule has 4 nitrogen and oxygen atoms in total. The van der Waals surface area contributed by atoms with Gasteiger partial charge in [0.2, 0.25) is 0 Å². The lowest BCUT2D eigenvalue weighted by molar-refractivity contribution is -0.163. The minimum absolute atomic E-state index is 0.188. The maximum Gasteiger partial charge on any atom is 0.309 e. The molecule has 0 amide bonds. The molecule has 1 fully saturated rings. The van der Waals surface area contributed by atoms with E-state index in [1.165, 1.54) is 89.9 Å². The van der Waals surface area contributed by atoms with Crippen molar-refractivity contribution in [2.24, 2.45) is 17.8 Å². The molecule has 0 bridgehead atoms. The largest absolute Gasteiger partial charge is 0.465 e. The van der Waals surface area contributed by atoms with Gasteiger partial charge in [0.05, 0.1) is 25.0 Å². The normalized spacial score (nSPS) is 18.2. The van der Waals surface area contributed by atoms with Crippen LogP contribution < -0.4 is 0 Å². The first-order valence-electron chi connectivity index (χ1n) is 14.9. The summed E-state index contributed by atoms with van der Waals surface area (Å²) >= 11 is 0. The summed E-state index contributed by atoms with van der Waals surface area (Å²) in [5.74, 6) is -0.710. The van der Waals surface area contributed by atoms with Gasteiger partial charge >= 0.3 is 11.9 Å². The van der Waals surface area contributed by atoms with E-state index in [9.17, 15) is 9.59 Å². The van der Waals surface area contributed by atoms with Crippen molar-refractivity contribution in [2.45, 2.75) is 149 Å². The van der Waals surface area contributed by atoms with E-state index < -0.39 is 0 Å². The topological polar surface area (TPSA) is 52.6 Å². The second kappa shape index (κ2) is 21.2. The van der Waals surface area contributed by atoms with E-state index in [-0.39, 0.29) is 23.8 Å². The fourth-order valence-corrected chi connectivity index (χ4v) is 4.98. The van der Waals surface area contributed by atoms with Crippen LogP contribution in [0.4, 0.5) is 0 Å². The highest BCUT2D eigenvalue weighted by molar-refractivity contribution is 5.82. The lowest BCUT2D eigenvalue weighted by Gasteiger charge is -2.28. The number of hydrogen-bond acceptors (Lipinski definition) is 4. The lowest BCUT2D eigenvalue weighted by atomic mass is 9.79. The summed E-state index contributed by atoms with van der Waals surface area (Å²) in [6, 6.07) is 0. The maximum atomic E-state index is 12.6. The molecule has 1 aliphatic carbocycles. The minimum atomic E-state index is -0.314. The van der Waals surface area contributed by atoms with Crippen LogP contribution >= 0.6 is 0 Å². The second-order valence-corrected chi connectivity index (χ2v) is 11.0. The van der Waals surface area contributed by atoms with Crippen LogP contribution in [0.1, 0.15) is 149 Å². The van der Waals surface area contributed by atoms with Gasteiger partial charge in [-0.2, -0.15) is 0 Å². The molecular formula is C30H56O4. The third-order valence-electron chi connectivity index (χ3n) is 7.17. The van der Waals surface area contributed by atoms with Crippen LogP contribution in [-0.2, 0) is 19.1 Å². The van der Waals surface area contributed by atoms with Gasteiger partial charge in [0, 0.05) is 0 Å². The van der Waals surface area contributed by atoms with E-state index in [2.05, 4.69) is 6.92 Å². The SMILES string of the molecule is CCCCCCCCCCCCCCCCCCOC(=O)C1CCCCC1C(=O)OCC(C)C. The van der Waals surface area contributed by atoms with Gasteiger partial charge in [-0.15, -0.1) is 0 Å². The van der Waals surface area contributed by atoms with Crippen LogP contribution in [0.5, 0.6) is 0 Å². The maximum absolute atomic E-state index is 12.6. The van der Waals surface area contributed by atoms with Crippen molar-refractivity contribution in [3.63, 3.8) is 0 Å². The van der Waals surface area contributed by atoms with Gasteiger partial charge < -0.3 is 9.47 Å². The van der Waals surface area contributed by atoms with Gasteiger partial charge in [0.25, 0.3) is 0 Å². The van der Waals surface area contributed by atoms with Crippen LogP contribution in [0.3, 0.4) is 0 Å². The predicted octanol–water partition coefficient (Wildman–Crippen LogP) is 8.80. The number of carbonyl (C=O) groups is 2. The van der Waals surface area contributed by atoms with E-state index >= 15 is 0 Å². The third kappa shape index (κ3) is 15.8. The van der Waals surface area contributed by atoms with Crippen molar-refractivity contribution in [3.8, 4) is 0 Å². The summed E-state index contributed by atoms with van der Waals surface area (Å²) in [4.78, 5) is 25.0. The molecule has 0 radical (unpaired) electrons. The molecule has 0 spiro atoms. The van der Waals surface area contributed by atoms with Gasteiger partial charge in [0.15, 0.2) is 0 Å². The van der Waals surface area contributed by atoms with Gasteiger partial charge in [-0.1, -0.05) is 130 Å². The first-order valence-corrected chi connectivity index (χ1v) is 14.9. The quantitative estimate of drug-likeness (QED) is 0.122. The van der Waals surface area contributed by atoms with E-state index in [0.29, 0.717) is 19.1 Å². The monoisotopic (exact) mass is 480 g/mol. The van der Waals surface area contributed by atoms with Crippen LogP contribution in [0.2, 0.25) is 0 Å². The zero-order valence-electron chi connectivity index (χ0n) is 22.9. The molecule has 200 valence electrons. The summed E-state index contributed by atoms with van der Waals surface area (Å²) in [6.45, 7) is 7.24. The van der Waals surface area contributed by atoms with Crippen molar-refractivity contribution in [3.05, 3.63) is 0 Å². The van der Waals surface area contributed by atoms with Crippen molar-refractivity contribution < 1.29 is 19.1 Å². The van der Waals surface area contributed by atoms with Crippen LogP contribution in [0, 0.1) is 17.8 Å². The molecule has 0 N–H and O–H groups in total. The predicted molar refractivity (Wildman–Crippen MR) is 142 cm³/mol. The Labute approximate surface area is 211 Å². The summed E-state index contributed by atoms with van der Waals surface area (Å²) < 4.78 is 11.0. The molecule has 34 heavy (non-hydrogen) atoms. The van der Waals surface area contributed by atoms with Crippen molar-refractivity contribution in [1.29, 1.82) is 0 Å². The Morgan fingerprint density at radius 2 is 1.00 bits per heavy atom. The molecule has 4 heteroatoms. The summed E-state index contributed by atoms with van der Waals surface area (Å²) in [7, 11) is 0. The average Bonchev–Trinajstić information content (AvgIpc) is 2.84. The van der Waals surface area contributed by atoms with Crippen LogP contribution in [0.15, 0.2) is 0 Å². The Morgan fingerprint density at radius 3 is 1.41 bits per heavy atom. The molecule has 1 aliphatic rings. The Kier molecular flexibility index (Phi) is 19.3. The van der Waals surface area contributed by atoms with Crippen molar-refractivity contribution in [2.75, 3.05) is 13.2 Å². The number of esters is 2. The Balaban J connectivity index is 1.96. The van der Waals surface area contributed by atoms with Gasteiger partial charge in [-0.05, 0) is 25.2 Å². The Hall–Kier alpha value is -1.06. The molecule has 2 unspecified atom stereocenters. The molecule has 0 aromatic heterocycles. The molecular weight excluding hydrogens is 424 g/mol. The fraction of sp³-hybridized carbons (Fsp3) is 0.933. The highest BCUT2D eigenvalue weighted by Gasteiger charge is 2.37. The zero-order valence-corrected chi connectivity index (χ0v) is 22.9. The molecule has 0 saturated heterocycles. The summed E-state index contributed by atoms with van der Waals surface area (Å²) in [6.07, 6.45) is 24.8. The number of rotatable bonds is 21. The van der Waals surface area contributed by atoms with E-state index in [1.54, 1.807) is 0 Å². The number of unbranched alkanes of at least 4 members (excludes halogenated alkanes) is 15. The first kappa shape index (κ1) is 31.0. The summed E-state index contributed by atoms with van der Waals surface area (Å²) in [5.41, 5.74) is 0. The Morgan fingerprint density at radius 1 is 0.618 bits per heavy atom. The minimum Gasteiger partial charge on any atom is -0.465 e. The molecule has 2 atom stereocenters. The van der Waals surface area contributed by atoms with Crippen LogP contribution in [0.25, 0.3) is 0 Å². The fourth-order valence-electron chi connectivity index (χ4n) is 4.98. The highest BCUT2D eigenvalue weighted by Crippen LogP contribution is 2.32. The van der Waals surface area contributed by atoms with Gasteiger partial charge in [0.1, 0.15) is 0 Å². The molecule has 0 aromatic rings. The smallest absolute Gasteiger partial charge is 0.309 e. The first-order chi connectivity index (χ1) is 16.6. The van der Waals surface area contributed by atoms with Gasteiger partial charge in [-0.25, -0.2) is 0 Å². The number of carbonyl (C=O) groups excluding carboxylic acids is 2. The molecule has 1 saturated carbocycles. The number of ether oxygens (including phenoxy) is 2. The van der Waals surface area contributed by atoms with Crippen molar-refractivity contribution in [1.82, 2.24) is 0 Å². The Bertz CT molecular complexity index is 502. The van der Waals surface area contributed by atoms with Crippen molar-refractivity contribution >= 4 is 11.9 Å². The molecule has 0 aliphatic heterocycles. The molecule has 0 heterocycles. The average molecular weight is 481 g/mol. The molecule has 0 aromatic carbocycles. The number of hydrogen-bond donors (Lipinski definition) is 0. The van der Waals surface area contributed by atoms with Gasteiger partial charge in [-0.3, -0.25) is 9.59 Å². The van der Waals surface area contributed by atoms with E-state index in [4.69, 9.17) is 9.47 Å². The van der Waals surface area contributed by atoms with Crippen LogP contribution in [-0.4, -0.2) is 25.2 Å². The van der Waals surface area contributed by atoms with E-state index in [1.807, 2.05) is 13.8 Å². The third-order valence-corrected chi connectivity index (χ3v) is 7.17. The lowest BCUT2D eigenvalue weighted by Crippen LogP contribution is -2.35.